The molecule has 0 unspecified atom stereocenters. The minimum absolute atomic E-state index is 0.249. The number of aromatic nitrogens is 4. The minimum atomic E-state index is -0.466. The monoisotopic (exact) mass is 356 g/mol. The summed E-state index contributed by atoms with van der Waals surface area (Å²) in [5.41, 5.74) is 3.05. The van der Waals surface area contributed by atoms with Crippen LogP contribution in [0.2, 0.25) is 0 Å². The lowest BCUT2D eigenvalue weighted by atomic mass is 10.2. The van der Waals surface area contributed by atoms with E-state index in [1.54, 1.807) is 29.8 Å². The summed E-state index contributed by atoms with van der Waals surface area (Å²) in [6.45, 7) is 3.99. The van der Waals surface area contributed by atoms with Crippen molar-refractivity contribution in [2.45, 2.75) is 6.54 Å². The molecule has 26 heavy (non-hydrogen) atoms. The molecule has 0 aliphatic heterocycles. The van der Waals surface area contributed by atoms with Gasteiger partial charge in [-0.2, -0.15) is 10.1 Å². The molecular weight excluding hydrogens is 339 g/mol. The molecule has 134 valence electrons. The Bertz CT molecular complexity index is 1120. The van der Waals surface area contributed by atoms with Gasteiger partial charge in [0.1, 0.15) is 5.82 Å². The Labute approximate surface area is 147 Å². The SMILES string of the molecule is C=CCn1c(N/N=C/c2ccc(F)cc2)nc2c1c(=O)n(C)c(=O)n2C. The van der Waals surface area contributed by atoms with Crippen molar-refractivity contribution in [1.29, 1.82) is 0 Å². The summed E-state index contributed by atoms with van der Waals surface area (Å²) in [5.74, 6) is -0.0452. The second kappa shape index (κ2) is 6.79. The van der Waals surface area contributed by atoms with Gasteiger partial charge >= 0.3 is 5.69 Å². The zero-order chi connectivity index (χ0) is 18.8. The fraction of sp³-hybridized carbons (Fsp3) is 0.176. The summed E-state index contributed by atoms with van der Waals surface area (Å²) in [4.78, 5) is 28.9. The second-order valence-corrected chi connectivity index (χ2v) is 5.63. The molecule has 0 saturated carbocycles. The molecule has 0 saturated heterocycles. The van der Waals surface area contributed by atoms with Crippen molar-refractivity contribution in [3.8, 4) is 0 Å². The number of halogens is 1. The average Bonchev–Trinajstić information content (AvgIpc) is 2.99. The van der Waals surface area contributed by atoms with Gasteiger partial charge in [0.2, 0.25) is 5.95 Å². The van der Waals surface area contributed by atoms with Gasteiger partial charge in [0.25, 0.3) is 5.56 Å². The number of allylic oxidation sites excluding steroid dienone is 1. The molecule has 0 radical (unpaired) electrons. The third-order valence-corrected chi connectivity index (χ3v) is 3.91. The van der Waals surface area contributed by atoms with E-state index in [0.29, 0.717) is 12.1 Å². The van der Waals surface area contributed by atoms with Crippen molar-refractivity contribution in [2.24, 2.45) is 19.2 Å². The number of nitrogens with zero attached hydrogens (tertiary/aromatic N) is 5. The Balaban J connectivity index is 2.06. The molecule has 3 aromatic rings. The molecule has 0 fully saturated rings. The number of benzene rings is 1. The topological polar surface area (TPSA) is 86.2 Å². The maximum atomic E-state index is 12.9. The molecule has 3 rings (SSSR count). The van der Waals surface area contributed by atoms with Crippen LogP contribution in [0.25, 0.3) is 11.2 Å². The lowest BCUT2D eigenvalue weighted by Crippen LogP contribution is -2.37. The normalized spacial score (nSPS) is 11.3. The van der Waals surface area contributed by atoms with Gasteiger partial charge in [-0.3, -0.25) is 18.5 Å². The van der Waals surface area contributed by atoms with Crippen LogP contribution in [0.1, 0.15) is 5.56 Å². The van der Waals surface area contributed by atoms with Gasteiger partial charge in [0, 0.05) is 20.6 Å². The molecule has 1 N–H and O–H groups in total. The zero-order valence-corrected chi connectivity index (χ0v) is 14.3. The van der Waals surface area contributed by atoms with E-state index in [4.69, 9.17) is 0 Å². The van der Waals surface area contributed by atoms with Crippen molar-refractivity contribution in [1.82, 2.24) is 18.7 Å². The Kier molecular flexibility index (Phi) is 4.53. The van der Waals surface area contributed by atoms with Gasteiger partial charge in [-0.1, -0.05) is 18.2 Å². The molecule has 0 aliphatic rings. The van der Waals surface area contributed by atoms with Gasteiger partial charge in [0.05, 0.1) is 6.21 Å². The molecule has 8 nitrogen and oxygen atoms in total. The van der Waals surface area contributed by atoms with E-state index < -0.39 is 11.2 Å². The Morgan fingerprint density at radius 2 is 1.92 bits per heavy atom. The van der Waals surface area contributed by atoms with Gasteiger partial charge < -0.3 is 0 Å². The first-order valence-corrected chi connectivity index (χ1v) is 7.76. The second-order valence-electron chi connectivity index (χ2n) is 5.63. The van der Waals surface area contributed by atoms with Crippen LogP contribution in [0, 0.1) is 5.82 Å². The maximum Gasteiger partial charge on any atom is 0.332 e. The van der Waals surface area contributed by atoms with Crippen LogP contribution < -0.4 is 16.7 Å². The highest BCUT2D eigenvalue weighted by Gasteiger charge is 2.18. The number of fused-ring (bicyclic) bond motifs is 1. The van der Waals surface area contributed by atoms with Crippen LogP contribution in [0.3, 0.4) is 0 Å². The van der Waals surface area contributed by atoms with E-state index in [0.717, 1.165) is 4.57 Å². The predicted molar refractivity (Wildman–Crippen MR) is 98.0 cm³/mol. The van der Waals surface area contributed by atoms with Crippen LogP contribution >= 0.6 is 0 Å². The van der Waals surface area contributed by atoms with Crippen LogP contribution in [0.5, 0.6) is 0 Å². The molecule has 0 spiro atoms. The standard InChI is InChI=1S/C17H17FN6O2/c1-4-9-24-13-14(22(2)17(26)23(3)15(13)25)20-16(24)21-19-10-11-5-7-12(18)8-6-11/h4-8,10H,1,9H2,2-3H3,(H,20,21)/b19-10+. The molecule has 0 bridgehead atoms. The van der Waals surface area contributed by atoms with E-state index in [1.807, 2.05) is 0 Å². The summed E-state index contributed by atoms with van der Waals surface area (Å²) in [6, 6.07) is 5.81. The summed E-state index contributed by atoms with van der Waals surface area (Å²) in [6.07, 6.45) is 3.11. The van der Waals surface area contributed by atoms with Crippen LogP contribution in [-0.4, -0.2) is 24.9 Å². The minimum Gasteiger partial charge on any atom is -0.299 e. The van der Waals surface area contributed by atoms with E-state index in [-0.39, 0.29) is 22.9 Å². The van der Waals surface area contributed by atoms with E-state index in [1.165, 1.54) is 30.0 Å². The fourth-order valence-corrected chi connectivity index (χ4v) is 2.55. The van der Waals surface area contributed by atoms with E-state index >= 15 is 0 Å². The van der Waals surface area contributed by atoms with Crippen molar-refractivity contribution in [3.63, 3.8) is 0 Å². The van der Waals surface area contributed by atoms with Gasteiger partial charge in [-0.15, -0.1) is 6.58 Å². The van der Waals surface area contributed by atoms with Gasteiger partial charge in [-0.25, -0.2) is 14.6 Å². The quantitative estimate of drug-likeness (QED) is 0.423. The molecule has 2 aromatic heterocycles. The number of nitrogens with one attached hydrogen (secondary N) is 1. The Morgan fingerprint density at radius 1 is 1.23 bits per heavy atom. The summed E-state index contributed by atoms with van der Waals surface area (Å²) in [5, 5.41) is 4.07. The molecule has 0 atom stereocenters. The van der Waals surface area contributed by atoms with Crippen molar-refractivity contribution in [3.05, 3.63) is 69.1 Å². The van der Waals surface area contributed by atoms with Gasteiger partial charge in [-0.05, 0) is 17.7 Å². The van der Waals surface area contributed by atoms with Crippen LogP contribution in [0.4, 0.5) is 10.3 Å². The summed E-state index contributed by atoms with van der Waals surface area (Å²) >= 11 is 0. The van der Waals surface area contributed by atoms with Crippen LogP contribution in [-0.2, 0) is 20.6 Å². The number of hydrogen-bond donors (Lipinski definition) is 1. The highest BCUT2D eigenvalue weighted by Crippen LogP contribution is 2.15. The molecule has 0 amide bonds. The zero-order valence-electron chi connectivity index (χ0n) is 14.3. The number of imidazole rings is 1. The third-order valence-electron chi connectivity index (χ3n) is 3.91. The molecule has 0 aliphatic carbocycles. The number of hydrazone groups is 1. The highest BCUT2D eigenvalue weighted by molar-refractivity contribution is 5.80. The van der Waals surface area contributed by atoms with Crippen molar-refractivity contribution in [2.75, 3.05) is 5.43 Å². The number of hydrogen-bond acceptors (Lipinski definition) is 5. The van der Waals surface area contributed by atoms with E-state index in [9.17, 15) is 14.0 Å². The van der Waals surface area contributed by atoms with Crippen LogP contribution in [0.15, 0.2) is 51.6 Å². The maximum absolute atomic E-state index is 12.9. The third kappa shape index (κ3) is 2.94. The molecular formula is C17H17FN6O2. The number of anilines is 1. The lowest BCUT2D eigenvalue weighted by Gasteiger charge is -2.06. The average molecular weight is 356 g/mol. The summed E-state index contributed by atoms with van der Waals surface area (Å²) < 4.78 is 16.8. The fourth-order valence-electron chi connectivity index (χ4n) is 2.55. The Morgan fingerprint density at radius 3 is 2.58 bits per heavy atom. The van der Waals surface area contributed by atoms with Crippen molar-refractivity contribution >= 4 is 23.3 Å². The number of rotatable bonds is 5. The lowest BCUT2D eigenvalue weighted by molar-refractivity contribution is 0.628. The largest absolute Gasteiger partial charge is 0.332 e. The highest BCUT2D eigenvalue weighted by atomic mass is 19.1. The first kappa shape index (κ1) is 17.3. The predicted octanol–water partition coefficient (Wildman–Crippen LogP) is 1.20. The Hall–Kier alpha value is -3.49. The summed E-state index contributed by atoms with van der Waals surface area (Å²) in [7, 11) is 2.95. The number of aryl methyl sites for hydroxylation is 1. The molecule has 2 heterocycles. The first-order chi connectivity index (χ1) is 12.4. The molecule has 1 aromatic carbocycles. The van der Waals surface area contributed by atoms with E-state index in [2.05, 4.69) is 22.1 Å². The molecule has 9 heteroatoms. The smallest absolute Gasteiger partial charge is 0.299 e. The van der Waals surface area contributed by atoms with Gasteiger partial charge in [0.15, 0.2) is 11.2 Å². The first-order valence-electron chi connectivity index (χ1n) is 7.76. The van der Waals surface area contributed by atoms with Crippen molar-refractivity contribution < 1.29 is 4.39 Å².